The summed E-state index contributed by atoms with van der Waals surface area (Å²) in [5, 5.41) is 18.6. The number of hydrogen-bond donors (Lipinski definition) is 2. The fourth-order valence-corrected chi connectivity index (χ4v) is 9.41. The number of halogens is 3. The molecule has 14 heteroatoms. The number of anilines is 1. The molecule has 9 nitrogen and oxygen atoms in total. The zero-order valence-corrected chi connectivity index (χ0v) is 29.7. The average Bonchev–Trinajstić information content (AvgIpc) is 3.59. The molecule has 258 valence electrons. The molecular formula is C34H44F3N8OPS. The third-order valence-corrected chi connectivity index (χ3v) is 11.8. The highest BCUT2D eigenvalue weighted by atomic mass is 32.1. The van der Waals surface area contributed by atoms with E-state index < -0.39 is 19.9 Å². The molecule has 2 aliphatic heterocycles. The third kappa shape index (κ3) is 8.23. The third-order valence-electron chi connectivity index (χ3n) is 9.75. The van der Waals surface area contributed by atoms with Gasteiger partial charge in [-0.25, -0.2) is 9.97 Å². The van der Waals surface area contributed by atoms with Crippen molar-refractivity contribution in [3.63, 3.8) is 0 Å². The van der Waals surface area contributed by atoms with Crippen LogP contribution in [0.4, 0.5) is 19.0 Å². The number of nitrogens with one attached hydrogen (secondary N) is 2. The quantitative estimate of drug-likeness (QED) is 0.171. The largest absolute Gasteiger partial charge is 0.393 e. The van der Waals surface area contributed by atoms with Crippen LogP contribution in [0.25, 0.3) is 21.1 Å². The Balaban J connectivity index is 1.07. The van der Waals surface area contributed by atoms with E-state index >= 15 is 0 Å². The average molecular weight is 701 g/mol. The van der Waals surface area contributed by atoms with Gasteiger partial charge in [0, 0.05) is 73.4 Å². The van der Waals surface area contributed by atoms with Crippen LogP contribution in [-0.4, -0.2) is 88.1 Å². The molecule has 5 heterocycles. The molecule has 0 amide bonds. The first-order valence-corrected chi connectivity index (χ1v) is 20.1. The molecule has 2 saturated heterocycles. The number of benzene rings is 1. The Bertz CT molecular complexity index is 1840. The Kier molecular flexibility index (Phi) is 10.2. The number of rotatable bonds is 10. The van der Waals surface area contributed by atoms with Crippen molar-refractivity contribution in [2.24, 2.45) is 0 Å². The normalized spacial score (nSPS) is 18.5. The number of hydrogen-bond acceptors (Lipinski definition) is 8. The molecule has 1 atom stereocenters. The van der Waals surface area contributed by atoms with Gasteiger partial charge < -0.3 is 14.4 Å². The topological polar surface area (TPSA) is 102 Å². The number of aryl methyl sites for hydroxylation is 1. The summed E-state index contributed by atoms with van der Waals surface area (Å²) in [5.74, 6) is 0.600. The number of alkyl halides is 3. The summed E-state index contributed by atoms with van der Waals surface area (Å²) in [6.07, 6.45) is -0.0830. The van der Waals surface area contributed by atoms with Gasteiger partial charge in [-0.3, -0.25) is 14.9 Å². The van der Waals surface area contributed by atoms with Crippen molar-refractivity contribution in [2.75, 3.05) is 44.8 Å². The van der Waals surface area contributed by atoms with E-state index in [1.165, 1.54) is 17.5 Å². The lowest BCUT2D eigenvalue weighted by molar-refractivity contribution is -0.126. The van der Waals surface area contributed by atoms with E-state index in [0.29, 0.717) is 27.8 Å². The molecule has 3 aromatic heterocycles. The summed E-state index contributed by atoms with van der Waals surface area (Å²) in [6, 6.07) is 11.1. The maximum absolute atomic E-state index is 13.0. The van der Waals surface area contributed by atoms with Crippen molar-refractivity contribution in [3.05, 3.63) is 52.3 Å². The predicted octanol–water partition coefficient (Wildman–Crippen LogP) is 6.99. The van der Waals surface area contributed by atoms with Gasteiger partial charge in [-0.2, -0.15) is 18.4 Å². The second-order valence-corrected chi connectivity index (χ2v) is 17.9. The van der Waals surface area contributed by atoms with Gasteiger partial charge >= 0.3 is 6.18 Å². The lowest BCUT2D eigenvalue weighted by atomic mass is 10.0. The van der Waals surface area contributed by atoms with E-state index in [2.05, 4.69) is 66.8 Å². The maximum Gasteiger partial charge on any atom is 0.393 e. The van der Waals surface area contributed by atoms with Crippen LogP contribution in [0, 0.1) is 18.3 Å². The number of thiophene rings is 1. The van der Waals surface area contributed by atoms with Gasteiger partial charge in [-0.15, -0.1) is 11.3 Å². The molecule has 0 aliphatic carbocycles. The van der Waals surface area contributed by atoms with Crippen LogP contribution in [-0.2, 0) is 24.1 Å². The van der Waals surface area contributed by atoms with Crippen LogP contribution in [0.2, 0.25) is 0 Å². The Labute approximate surface area is 283 Å². The predicted molar refractivity (Wildman–Crippen MR) is 187 cm³/mol. The van der Waals surface area contributed by atoms with Crippen molar-refractivity contribution in [1.82, 2.24) is 29.4 Å². The molecular weight excluding hydrogens is 656 g/mol. The van der Waals surface area contributed by atoms with Crippen LogP contribution in [0.3, 0.4) is 0 Å². The highest BCUT2D eigenvalue weighted by Crippen LogP contribution is 2.35. The maximum atomic E-state index is 13.0. The SMILES string of the molecule is Cc1c(CN2CCC(Nc3ncnc4sc(CC(F)(F)F)cc34)CC2)ccc2c1cc(C#N)n2C[C@H](C)N1CCC(NP(C)(C)=O)CC1. The second-order valence-electron chi connectivity index (χ2n) is 13.8. The number of aromatic nitrogens is 3. The minimum absolute atomic E-state index is 0.171. The zero-order chi connectivity index (χ0) is 34.2. The van der Waals surface area contributed by atoms with Gasteiger partial charge in [0.05, 0.1) is 11.8 Å². The number of piperidine rings is 2. The Hall–Kier alpha value is -3.01. The molecule has 0 spiro atoms. The number of fused-ring (bicyclic) bond motifs is 2. The van der Waals surface area contributed by atoms with Crippen LogP contribution in [0.15, 0.2) is 30.6 Å². The van der Waals surface area contributed by atoms with Crippen LogP contribution in [0.5, 0.6) is 0 Å². The summed E-state index contributed by atoms with van der Waals surface area (Å²) in [7, 11) is -2.26. The molecule has 2 N–H and O–H groups in total. The molecule has 2 fully saturated rings. The first kappa shape index (κ1) is 34.8. The van der Waals surface area contributed by atoms with Crippen LogP contribution >= 0.6 is 18.6 Å². The second kappa shape index (κ2) is 14.1. The van der Waals surface area contributed by atoms with Gasteiger partial charge in [-0.1, -0.05) is 6.07 Å². The number of likely N-dealkylation sites (tertiary alicyclic amines) is 2. The Morgan fingerprint density at radius 2 is 1.77 bits per heavy atom. The van der Waals surface area contributed by atoms with Crippen molar-refractivity contribution < 1.29 is 17.7 Å². The smallest absolute Gasteiger partial charge is 0.367 e. The Morgan fingerprint density at radius 1 is 1.06 bits per heavy atom. The fraction of sp³-hybridized carbons (Fsp3) is 0.559. The number of nitrogens with zero attached hydrogens (tertiary/aromatic N) is 6. The van der Waals surface area contributed by atoms with E-state index in [9.17, 15) is 23.0 Å². The summed E-state index contributed by atoms with van der Waals surface area (Å²) in [5.41, 5.74) is 4.20. The molecule has 48 heavy (non-hydrogen) atoms. The van der Waals surface area contributed by atoms with E-state index in [1.807, 2.05) is 6.07 Å². The summed E-state index contributed by atoms with van der Waals surface area (Å²) in [6.45, 7) is 13.1. The molecule has 6 rings (SSSR count). The van der Waals surface area contributed by atoms with Gasteiger partial charge in [-0.05, 0) is 81.9 Å². The summed E-state index contributed by atoms with van der Waals surface area (Å²) in [4.78, 5) is 14.3. The van der Waals surface area contributed by atoms with E-state index in [0.717, 1.165) is 87.2 Å². The van der Waals surface area contributed by atoms with Crippen LogP contribution in [0.1, 0.15) is 54.3 Å². The minimum Gasteiger partial charge on any atom is -0.367 e. The summed E-state index contributed by atoms with van der Waals surface area (Å²) < 4.78 is 53.2. The van der Waals surface area contributed by atoms with E-state index in [1.54, 1.807) is 19.4 Å². The molecule has 2 aliphatic rings. The van der Waals surface area contributed by atoms with Gasteiger partial charge in [0.25, 0.3) is 0 Å². The highest BCUT2D eigenvalue weighted by Gasteiger charge is 2.30. The van der Waals surface area contributed by atoms with Crippen molar-refractivity contribution in [1.29, 1.82) is 5.26 Å². The number of nitriles is 1. The summed E-state index contributed by atoms with van der Waals surface area (Å²) >= 11 is 1.07. The van der Waals surface area contributed by atoms with Crippen molar-refractivity contribution >= 4 is 45.6 Å². The lowest BCUT2D eigenvalue weighted by Crippen LogP contribution is -2.46. The van der Waals surface area contributed by atoms with E-state index in [-0.39, 0.29) is 17.0 Å². The highest BCUT2D eigenvalue weighted by molar-refractivity contribution is 7.60. The van der Waals surface area contributed by atoms with Gasteiger partial charge in [0.1, 0.15) is 36.0 Å². The van der Waals surface area contributed by atoms with Gasteiger partial charge in [0.15, 0.2) is 0 Å². The molecule has 0 radical (unpaired) electrons. The van der Waals surface area contributed by atoms with Crippen molar-refractivity contribution in [2.45, 2.75) is 83.3 Å². The van der Waals surface area contributed by atoms with Crippen LogP contribution < -0.4 is 10.4 Å². The molecule has 0 unspecified atom stereocenters. The monoisotopic (exact) mass is 700 g/mol. The first-order chi connectivity index (χ1) is 22.8. The molecule has 0 bridgehead atoms. The fourth-order valence-electron chi connectivity index (χ4n) is 7.25. The van der Waals surface area contributed by atoms with Crippen molar-refractivity contribution in [3.8, 4) is 6.07 Å². The van der Waals surface area contributed by atoms with Gasteiger partial charge in [0.2, 0.25) is 0 Å². The standard InChI is InChI=1S/C34H44F3N8OPS/c1-22(44-13-9-26(10-14-44)42-47(3,4)46)19-45-27(18-38)15-29-23(2)24(5-6-31(29)45)20-43-11-7-25(8-12-43)41-32-30-16-28(17-34(35,36)37)48-33(30)40-21-39-32/h5-6,15-16,21-22,25-26H,7-14,17,19-20H2,1-4H3,(H,42,46)(H,39,40,41)/t22-/m0/s1. The molecule has 0 saturated carbocycles. The Morgan fingerprint density at radius 3 is 2.44 bits per heavy atom. The molecule has 1 aromatic carbocycles. The van der Waals surface area contributed by atoms with E-state index in [4.69, 9.17) is 0 Å². The zero-order valence-electron chi connectivity index (χ0n) is 28.0. The first-order valence-electron chi connectivity index (χ1n) is 16.6. The lowest BCUT2D eigenvalue weighted by Gasteiger charge is -2.37. The minimum atomic E-state index is -4.26. The molecule has 4 aromatic rings.